The third kappa shape index (κ3) is 3.40. The Balaban J connectivity index is 2.04. The van der Waals surface area contributed by atoms with E-state index in [0.29, 0.717) is 6.54 Å². The number of rotatable bonds is 3. The van der Waals surface area contributed by atoms with Crippen LogP contribution in [-0.2, 0) is 17.8 Å². The van der Waals surface area contributed by atoms with E-state index in [1.54, 1.807) is 11.3 Å². The third-order valence-electron chi connectivity index (χ3n) is 4.57. The van der Waals surface area contributed by atoms with Crippen LogP contribution in [0.1, 0.15) is 44.6 Å². The molecule has 1 aromatic carbocycles. The number of carbonyl (C=O) groups is 1. The molecule has 1 aromatic heterocycles. The highest BCUT2D eigenvalue weighted by Gasteiger charge is 2.21. The lowest BCUT2D eigenvalue weighted by atomic mass is 9.89. The molecule has 0 N–H and O–H groups in total. The molecule has 1 heterocycles. The van der Waals surface area contributed by atoms with Gasteiger partial charge in [0, 0.05) is 5.92 Å². The molecule has 1 amide bonds. The van der Waals surface area contributed by atoms with Gasteiger partial charge in [0.1, 0.15) is 0 Å². The van der Waals surface area contributed by atoms with E-state index in [1.165, 1.54) is 12.0 Å². The highest BCUT2D eigenvalue weighted by molar-refractivity contribution is 7.16. The highest BCUT2D eigenvalue weighted by atomic mass is 32.1. The molecule has 1 fully saturated rings. The molecule has 4 heteroatoms. The summed E-state index contributed by atoms with van der Waals surface area (Å²) in [7, 11) is 0. The molecule has 1 saturated carbocycles. The summed E-state index contributed by atoms with van der Waals surface area (Å²) >= 11 is 1.57. The van der Waals surface area contributed by atoms with Gasteiger partial charge in [-0.05, 0) is 37.0 Å². The first-order chi connectivity index (χ1) is 11.2. The Bertz CT molecular complexity index is 816. The largest absolute Gasteiger partial charge is 0.305 e. The fourth-order valence-corrected chi connectivity index (χ4v) is 4.30. The van der Waals surface area contributed by atoms with Crippen LogP contribution in [0.15, 0.2) is 23.2 Å². The van der Waals surface area contributed by atoms with E-state index >= 15 is 0 Å². The van der Waals surface area contributed by atoms with Crippen molar-refractivity contribution in [1.29, 1.82) is 0 Å². The molecule has 0 unspecified atom stereocenters. The van der Waals surface area contributed by atoms with Crippen molar-refractivity contribution in [2.24, 2.45) is 10.9 Å². The maximum Gasteiger partial charge on any atom is 0.251 e. The van der Waals surface area contributed by atoms with Gasteiger partial charge in [-0.25, -0.2) is 0 Å². The smallest absolute Gasteiger partial charge is 0.251 e. The molecule has 0 saturated heterocycles. The molecule has 0 aliphatic heterocycles. The maximum atomic E-state index is 12.5. The van der Waals surface area contributed by atoms with Crippen LogP contribution in [-0.4, -0.2) is 10.5 Å². The van der Waals surface area contributed by atoms with E-state index in [9.17, 15) is 4.79 Å². The minimum atomic E-state index is 0.0257. The number of fused-ring (bicyclic) bond motifs is 1. The minimum absolute atomic E-state index is 0.0257. The van der Waals surface area contributed by atoms with Gasteiger partial charge < -0.3 is 4.57 Å². The van der Waals surface area contributed by atoms with Gasteiger partial charge >= 0.3 is 0 Å². The Morgan fingerprint density at radius 1 is 1.39 bits per heavy atom. The molecule has 120 valence electrons. The number of hydrogen-bond donors (Lipinski definition) is 0. The minimum Gasteiger partial charge on any atom is -0.305 e. The number of carbonyl (C=O) groups excluding carboxylic acids is 1. The predicted octanol–water partition coefficient (Wildman–Crippen LogP) is 3.91. The molecule has 3 nitrogen and oxygen atoms in total. The summed E-state index contributed by atoms with van der Waals surface area (Å²) in [6.07, 6.45) is 12.0. The molecule has 23 heavy (non-hydrogen) atoms. The van der Waals surface area contributed by atoms with Gasteiger partial charge in [-0.1, -0.05) is 49.5 Å². The predicted molar refractivity (Wildman–Crippen MR) is 95.2 cm³/mol. The Hall–Kier alpha value is -1.86. The van der Waals surface area contributed by atoms with Crippen molar-refractivity contribution in [3.05, 3.63) is 28.6 Å². The van der Waals surface area contributed by atoms with E-state index in [4.69, 9.17) is 6.42 Å². The molecule has 0 bridgehead atoms. The zero-order chi connectivity index (χ0) is 16.2. The van der Waals surface area contributed by atoms with Crippen LogP contribution in [0, 0.1) is 18.3 Å². The van der Waals surface area contributed by atoms with Crippen molar-refractivity contribution in [1.82, 2.24) is 4.57 Å². The number of benzene rings is 1. The Kier molecular flexibility index (Phi) is 4.97. The van der Waals surface area contributed by atoms with Gasteiger partial charge in [0.15, 0.2) is 4.80 Å². The zero-order valence-electron chi connectivity index (χ0n) is 13.5. The lowest BCUT2D eigenvalue weighted by Crippen LogP contribution is -2.21. The van der Waals surface area contributed by atoms with Crippen LogP contribution < -0.4 is 4.80 Å². The Morgan fingerprint density at radius 3 is 2.87 bits per heavy atom. The second-order valence-corrected chi connectivity index (χ2v) is 7.12. The van der Waals surface area contributed by atoms with E-state index in [1.807, 2.05) is 4.57 Å². The molecule has 0 atom stereocenters. The highest BCUT2D eigenvalue weighted by Crippen LogP contribution is 2.25. The number of aryl methyl sites for hydroxylation is 1. The van der Waals surface area contributed by atoms with Gasteiger partial charge in [0.2, 0.25) is 0 Å². The molecular formula is C19H22N2OS. The van der Waals surface area contributed by atoms with Gasteiger partial charge in [-0.15, -0.1) is 6.42 Å². The summed E-state index contributed by atoms with van der Waals surface area (Å²) in [6, 6.07) is 6.39. The van der Waals surface area contributed by atoms with E-state index < -0.39 is 0 Å². The number of hydrogen-bond acceptors (Lipinski definition) is 2. The van der Waals surface area contributed by atoms with Gasteiger partial charge in [-0.2, -0.15) is 4.99 Å². The van der Waals surface area contributed by atoms with E-state index in [2.05, 4.69) is 36.0 Å². The number of nitrogens with zero attached hydrogens (tertiary/aromatic N) is 2. The number of amides is 1. The summed E-state index contributed by atoms with van der Waals surface area (Å²) in [6.45, 7) is 2.59. The quantitative estimate of drug-likeness (QED) is 0.788. The van der Waals surface area contributed by atoms with Crippen LogP contribution >= 0.6 is 11.3 Å². The van der Waals surface area contributed by atoms with Crippen molar-refractivity contribution in [3.8, 4) is 12.3 Å². The summed E-state index contributed by atoms with van der Waals surface area (Å²) < 4.78 is 3.13. The lowest BCUT2D eigenvalue weighted by molar-refractivity contribution is -0.122. The molecule has 1 aliphatic rings. The average molecular weight is 326 g/mol. The summed E-state index contributed by atoms with van der Waals surface area (Å²) in [5, 5.41) is 0. The lowest BCUT2D eigenvalue weighted by Gasteiger charge is -2.17. The Morgan fingerprint density at radius 2 is 2.17 bits per heavy atom. The standard InChI is InChI=1S/C19H22N2OS/c1-3-12-21-16-11-10-14(4-2)13-17(16)23-19(21)20-18(22)15-8-6-5-7-9-15/h1,10-11,13,15H,4-9,12H2,2H3. The van der Waals surface area contributed by atoms with Crippen molar-refractivity contribution in [3.63, 3.8) is 0 Å². The van der Waals surface area contributed by atoms with Gasteiger partial charge in [0.05, 0.1) is 16.8 Å². The van der Waals surface area contributed by atoms with Gasteiger partial charge in [0.25, 0.3) is 5.91 Å². The van der Waals surface area contributed by atoms with Crippen LogP contribution in [0.25, 0.3) is 10.2 Å². The number of terminal acetylenes is 1. The van der Waals surface area contributed by atoms with Crippen LogP contribution in [0.3, 0.4) is 0 Å². The normalized spacial score (nSPS) is 16.6. The topological polar surface area (TPSA) is 34.4 Å². The first-order valence-electron chi connectivity index (χ1n) is 8.37. The number of aromatic nitrogens is 1. The fraction of sp³-hybridized carbons (Fsp3) is 0.474. The second kappa shape index (κ2) is 7.14. The van der Waals surface area contributed by atoms with Crippen LogP contribution in [0.4, 0.5) is 0 Å². The molecule has 2 aromatic rings. The maximum absolute atomic E-state index is 12.5. The van der Waals surface area contributed by atoms with Crippen LogP contribution in [0.5, 0.6) is 0 Å². The second-order valence-electron chi connectivity index (χ2n) is 6.12. The third-order valence-corrected chi connectivity index (χ3v) is 5.61. The van der Waals surface area contributed by atoms with Crippen molar-refractivity contribution in [2.45, 2.75) is 52.0 Å². The zero-order valence-corrected chi connectivity index (χ0v) is 14.4. The molecule has 0 spiro atoms. The summed E-state index contributed by atoms with van der Waals surface area (Å²) in [5.41, 5.74) is 2.36. The van der Waals surface area contributed by atoms with Gasteiger partial charge in [-0.3, -0.25) is 4.79 Å². The van der Waals surface area contributed by atoms with Crippen molar-refractivity contribution in [2.75, 3.05) is 0 Å². The van der Waals surface area contributed by atoms with E-state index in [0.717, 1.165) is 47.1 Å². The molecule has 0 radical (unpaired) electrons. The molecule has 3 rings (SSSR count). The fourth-order valence-electron chi connectivity index (χ4n) is 3.20. The molecule has 1 aliphatic carbocycles. The Labute approximate surface area is 141 Å². The summed E-state index contributed by atoms with van der Waals surface area (Å²) in [5.74, 6) is 2.80. The molecular weight excluding hydrogens is 304 g/mol. The van der Waals surface area contributed by atoms with Crippen LogP contribution in [0.2, 0.25) is 0 Å². The number of thiazole rings is 1. The monoisotopic (exact) mass is 326 g/mol. The van der Waals surface area contributed by atoms with Crippen molar-refractivity contribution >= 4 is 27.5 Å². The first kappa shape index (κ1) is 16.0. The first-order valence-corrected chi connectivity index (χ1v) is 9.19. The van der Waals surface area contributed by atoms with Crippen molar-refractivity contribution < 1.29 is 4.79 Å². The van der Waals surface area contributed by atoms with E-state index in [-0.39, 0.29) is 11.8 Å². The summed E-state index contributed by atoms with van der Waals surface area (Å²) in [4.78, 5) is 17.7. The average Bonchev–Trinajstić information content (AvgIpc) is 2.92. The SMILES string of the molecule is C#CCn1c(=NC(=O)C2CCCCC2)sc2cc(CC)ccc21.